The van der Waals surface area contributed by atoms with Crippen LogP contribution in [0.5, 0.6) is 0 Å². The number of nitrogens with zero attached hydrogens (tertiary/aromatic N) is 1. The Balaban J connectivity index is 0.00000106. The predicted octanol–water partition coefficient (Wildman–Crippen LogP) is 5.07. The molecule has 1 aromatic rings. The van der Waals surface area contributed by atoms with Crippen LogP contribution in [-0.2, 0) is 24.7 Å². The first-order valence-electron chi connectivity index (χ1n) is 8.59. The molecule has 0 amide bonds. The van der Waals surface area contributed by atoms with Crippen molar-refractivity contribution in [3.63, 3.8) is 0 Å². The minimum Gasteiger partial charge on any atom is -0.257 e. The Hall–Kier alpha value is -0.435. The zero-order valence-corrected chi connectivity index (χ0v) is 16.3. The van der Waals surface area contributed by atoms with E-state index in [-0.39, 0.29) is 21.9 Å². The Kier molecular flexibility index (Phi) is 8.26. The normalized spacial score (nSPS) is 18.4. The lowest BCUT2D eigenvalue weighted by molar-refractivity contribution is 0.492. The summed E-state index contributed by atoms with van der Waals surface area (Å²) in [6, 6.07) is 0. The van der Waals surface area contributed by atoms with Crippen LogP contribution in [0.25, 0.3) is 0 Å². The van der Waals surface area contributed by atoms with Crippen LogP contribution < -0.4 is 0 Å². The van der Waals surface area contributed by atoms with Crippen molar-refractivity contribution in [2.45, 2.75) is 91.4 Å². The Morgan fingerprint density at radius 2 is 1.73 bits per heavy atom. The number of pyridine rings is 1. The largest absolute Gasteiger partial charge is 0.257 e. The van der Waals surface area contributed by atoms with Gasteiger partial charge in [-0.05, 0) is 66.5 Å². The van der Waals surface area contributed by atoms with E-state index >= 15 is 0 Å². The average Bonchev–Trinajstić information content (AvgIpc) is 3.05. The summed E-state index contributed by atoms with van der Waals surface area (Å²) in [5, 5.41) is 0. The van der Waals surface area contributed by atoms with Crippen LogP contribution in [0.3, 0.4) is 0 Å². The first-order valence-corrected chi connectivity index (χ1v) is 8.59. The van der Waals surface area contributed by atoms with E-state index in [4.69, 9.17) is 4.98 Å². The molecule has 3 heteroatoms. The fourth-order valence-electron chi connectivity index (χ4n) is 3.82. The summed E-state index contributed by atoms with van der Waals surface area (Å²) < 4.78 is 0. The van der Waals surface area contributed by atoms with E-state index in [0.29, 0.717) is 5.41 Å². The molecule has 0 fully saturated rings. The molecule has 1 heterocycles. The summed E-state index contributed by atoms with van der Waals surface area (Å²) in [7, 11) is 0. The lowest BCUT2D eigenvalue weighted by Crippen LogP contribution is -2.22. The molecule has 123 valence electrons. The molecule has 1 aromatic heterocycles. The third kappa shape index (κ3) is 3.55. The molecule has 2 aliphatic carbocycles. The molecule has 1 atom stereocenters. The molecule has 0 saturated heterocycles. The first kappa shape index (κ1) is 21.6. The highest BCUT2D eigenvalue weighted by molar-refractivity contribution is 7.59. The van der Waals surface area contributed by atoms with E-state index < -0.39 is 0 Å². The van der Waals surface area contributed by atoms with E-state index in [1.807, 2.05) is 13.8 Å². The average molecular weight is 318 g/mol. The molecule has 1 unspecified atom stereocenters. The van der Waals surface area contributed by atoms with Crippen LogP contribution in [0.15, 0.2) is 0 Å². The molecule has 22 heavy (non-hydrogen) atoms. The third-order valence-electron chi connectivity index (χ3n) is 5.21. The van der Waals surface area contributed by atoms with Gasteiger partial charge in [-0.1, -0.05) is 41.5 Å². The molecule has 0 aromatic carbocycles. The van der Waals surface area contributed by atoms with Crippen molar-refractivity contribution in [2.75, 3.05) is 0 Å². The quantitative estimate of drug-likeness (QED) is 0.694. The molecule has 0 saturated carbocycles. The highest BCUT2D eigenvalue weighted by Gasteiger charge is 2.35. The van der Waals surface area contributed by atoms with Gasteiger partial charge in [-0.15, -0.1) is 0 Å². The van der Waals surface area contributed by atoms with E-state index in [2.05, 4.69) is 27.7 Å². The van der Waals surface area contributed by atoms with Crippen molar-refractivity contribution in [2.24, 2.45) is 0 Å². The number of rotatable bonds is 2. The number of aryl methyl sites for hydroxylation is 2. The molecule has 3 radical (unpaired) electrons. The van der Waals surface area contributed by atoms with Gasteiger partial charge in [0.05, 0.1) is 0 Å². The molecule has 0 N–H and O–H groups in total. The van der Waals surface area contributed by atoms with Gasteiger partial charge in [0.15, 0.2) is 0 Å². The second kappa shape index (κ2) is 8.43. The lowest BCUT2D eigenvalue weighted by Gasteiger charge is -2.30. The Labute approximate surface area is 146 Å². The SMILES string of the molecule is CC.CCC(C)(C)c1c2c(nc3c1C(C)CC3)CCC2.S.[B]. The number of fused-ring (bicyclic) bond motifs is 2. The van der Waals surface area contributed by atoms with Gasteiger partial charge < -0.3 is 0 Å². The van der Waals surface area contributed by atoms with Crippen molar-refractivity contribution in [1.29, 1.82) is 0 Å². The van der Waals surface area contributed by atoms with Gasteiger partial charge in [0.2, 0.25) is 0 Å². The van der Waals surface area contributed by atoms with Crippen LogP contribution in [-0.4, -0.2) is 13.4 Å². The smallest absolute Gasteiger partial charge is 0.0444 e. The maximum Gasteiger partial charge on any atom is 0.0444 e. The molecule has 1 nitrogen and oxygen atoms in total. The predicted molar refractivity (Wildman–Crippen MR) is 104 cm³/mol. The Morgan fingerprint density at radius 1 is 1.09 bits per heavy atom. The van der Waals surface area contributed by atoms with Crippen LogP contribution >= 0.6 is 13.5 Å². The first-order chi connectivity index (χ1) is 9.54. The van der Waals surface area contributed by atoms with E-state index in [9.17, 15) is 0 Å². The number of hydrogen-bond acceptors (Lipinski definition) is 1. The van der Waals surface area contributed by atoms with Gasteiger partial charge >= 0.3 is 0 Å². The van der Waals surface area contributed by atoms with Gasteiger partial charge in [-0.2, -0.15) is 13.5 Å². The monoisotopic (exact) mass is 318 g/mol. The molecular formula is C19H33BNS. The molecule has 2 aliphatic rings. The molecular weight excluding hydrogens is 285 g/mol. The highest BCUT2D eigenvalue weighted by atomic mass is 32.1. The van der Waals surface area contributed by atoms with Crippen LogP contribution in [0.2, 0.25) is 0 Å². The lowest BCUT2D eigenvalue weighted by atomic mass is 9.75. The molecule has 3 rings (SSSR count). The van der Waals surface area contributed by atoms with E-state index in [1.165, 1.54) is 49.9 Å². The zero-order valence-electron chi connectivity index (χ0n) is 15.3. The van der Waals surface area contributed by atoms with Crippen molar-refractivity contribution >= 4 is 21.9 Å². The molecule has 0 spiro atoms. The minimum atomic E-state index is 0. The van der Waals surface area contributed by atoms with Crippen molar-refractivity contribution in [3.05, 3.63) is 28.1 Å². The van der Waals surface area contributed by atoms with E-state index in [0.717, 1.165) is 5.92 Å². The topological polar surface area (TPSA) is 12.9 Å². The maximum absolute atomic E-state index is 4.99. The fourth-order valence-corrected chi connectivity index (χ4v) is 3.82. The Bertz CT molecular complexity index is 497. The van der Waals surface area contributed by atoms with Crippen molar-refractivity contribution in [3.8, 4) is 0 Å². The number of aromatic nitrogens is 1. The minimum absolute atomic E-state index is 0. The van der Waals surface area contributed by atoms with Crippen LogP contribution in [0, 0.1) is 0 Å². The van der Waals surface area contributed by atoms with Gasteiger partial charge in [-0.25, -0.2) is 0 Å². The highest BCUT2D eigenvalue weighted by Crippen LogP contribution is 2.44. The fraction of sp³-hybridized carbons (Fsp3) is 0.737. The van der Waals surface area contributed by atoms with Gasteiger partial charge in [0, 0.05) is 19.8 Å². The van der Waals surface area contributed by atoms with Crippen LogP contribution in [0.4, 0.5) is 0 Å². The van der Waals surface area contributed by atoms with Gasteiger partial charge in [0.1, 0.15) is 0 Å². The zero-order chi connectivity index (χ0) is 14.9. The molecule has 0 aliphatic heterocycles. The standard InChI is InChI=1S/C17H25N.C2H6.B.H2S/c1-5-17(3,4)16-12-7-6-8-13(12)18-14-10-9-11(2)15(14)16;1-2;;/h11H,5-10H2,1-4H3;1-2H3;;1H2. The van der Waals surface area contributed by atoms with Crippen LogP contribution in [0.1, 0.15) is 94.8 Å². The summed E-state index contributed by atoms with van der Waals surface area (Å²) in [5.41, 5.74) is 8.11. The summed E-state index contributed by atoms with van der Waals surface area (Å²) in [6.07, 6.45) is 7.52. The van der Waals surface area contributed by atoms with Crippen molar-refractivity contribution < 1.29 is 0 Å². The Morgan fingerprint density at radius 3 is 2.32 bits per heavy atom. The second-order valence-corrected chi connectivity index (χ2v) is 6.80. The summed E-state index contributed by atoms with van der Waals surface area (Å²) in [6.45, 7) is 13.6. The number of hydrogen-bond donors (Lipinski definition) is 0. The summed E-state index contributed by atoms with van der Waals surface area (Å²) >= 11 is 0. The van der Waals surface area contributed by atoms with Crippen molar-refractivity contribution in [1.82, 2.24) is 4.98 Å². The molecule has 0 bridgehead atoms. The second-order valence-electron chi connectivity index (χ2n) is 6.80. The van der Waals surface area contributed by atoms with Gasteiger partial charge in [-0.3, -0.25) is 4.98 Å². The van der Waals surface area contributed by atoms with Gasteiger partial charge in [0.25, 0.3) is 0 Å². The third-order valence-corrected chi connectivity index (χ3v) is 5.21. The van der Waals surface area contributed by atoms with E-state index in [1.54, 1.807) is 16.7 Å². The summed E-state index contributed by atoms with van der Waals surface area (Å²) in [4.78, 5) is 4.99. The summed E-state index contributed by atoms with van der Waals surface area (Å²) in [5.74, 6) is 0.722. The maximum atomic E-state index is 4.99.